The van der Waals surface area contributed by atoms with E-state index in [0.717, 1.165) is 11.6 Å². The summed E-state index contributed by atoms with van der Waals surface area (Å²) in [7, 11) is 0. The van der Waals surface area contributed by atoms with Crippen molar-refractivity contribution in [3.8, 4) is 0 Å². The van der Waals surface area contributed by atoms with Crippen LogP contribution in [-0.4, -0.2) is 22.1 Å². The normalized spacial score (nSPS) is 14.3. The smallest absolute Gasteiger partial charge is 0.326 e. The van der Waals surface area contributed by atoms with Gasteiger partial charge in [-0.15, -0.1) is 11.3 Å². The molecule has 1 heterocycles. The van der Waals surface area contributed by atoms with Gasteiger partial charge in [-0.3, -0.25) is 4.79 Å². The maximum absolute atomic E-state index is 10.7. The fraction of sp³-hybridized carbons (Fsp3) is 0.636. The first-order valence-electron chi connectivity index (χ1n) is 5.75. The van der Waals surface area contributed by atoms with Gasteiger partial charge in [0, 0.05) is 11.4 Å². The van der Waals surface area contributed by atoms with Crippen LogP contribution in [0.4, 0.5) is 5.13 Å². The lowest BCUT2D eigenvalue weighted by atomic mass is 10.1. The Labute approximate surface area is 105 Å². The van der Waals surface area contributed by atoms with E-state index in [0.29, 0.717) is 11.7 Å². The van der Waals surface area contributed by atoms with Gasteiger partial charge in [0.2, 0.25) is 0 Å². The maximum atomic E-state index is 10.7. The molecule has 0 aliphatic carbocycles. The van der Waals surface area contributed by atoms with E-state index in [1.54, 1.807) is 5.38 Å². The molecule has 6 heteroatoms. The van der Waals surface area contributed by atoms with Crippen LogP contribution in [0, 0.1) is 0 Å². The number of carboxylic acid groups (broad SMARTS) is 1. The van der Waals surface area contributed by atoms with Crippen molar-refractivity contribution in [1.29, 1.82) is 0 Å². The third-order valence-electron chi connectivity index (χ3n) is 2.47. The van der Waals surface area contributed by atoms with E-state index in [9.17, 15) is 4.79 Å². The van der Waals surface area contributed by atoms with Crippen LogP contribution >= 0.6 is 11.3 Å². The molecular formula is C11H19N3O2S. The van der Waals surface area contributed by atoms with Crippen LogP contribution < -0.4 is 11.1 Å². The zero-order valence-corrected chi connectivity index (χ0v) is 11.0. The van der Waals surface area contributed by atoms with Crippen LogP contribution in [0.1, 0.15) is 44.8 Å². The van der Waals surface area contributed by atoms with E-state index in [4.69, 9.17) is 10.8 Å². The van der Waals surface area contributed by atoms with Crippen molar-refractivity contribution in [2.75, 3.05) is 5.32 Å². The number of thiazole rings is 1. The minimum Gasteiger partial charge on any atom is -0.480 e. The summed E-state index contributed by atoms with van der Waals surface area (Å²) in [6.45, 7) is 4.24. The Bertz CT molecular complexity index is 367. The minimum absolute atomic E-state index is 0.343. The van der Waals surface area contributed by atoms with Gasteiger partial charge in [-0.2, -0.15) is 0 Å². The highest BCUT2D eigenvalue weighted by Crippen LogP contribution is 2.21. The van der Waals surface area contributed by atoms with Crippen molar-refractivity contribution in [3.63, 3.8) is 0 Å². The second-order valence-corrected chi connectivity index (χ2v) is 4.94. The summed E-state index contributed by atoms with van der Waals surface area (Å²) in [5.41, 5.74) is 5.89. The highest BCUT2D eigenvalue weighted by Gasteiger charge is 2.17. The number of aliphatic carboxylic acids is 1. The summed E-state index contributed by atoms with van der Waals surface area (Å²) in [6.07, 6.45) is 3.41. The monoisotopic (exact) mass is 257 g/mol. The number of anilines is 1. The molecule has 1 rings (SSSR count). The number of nitrogens with two attached hydrogens (primary N) is 1. The van der Waals surface area contributed by atoms with Crippen molar-refractivity contribution >= 4 is 22.4 Å². The molecule has 0 aliphatic rings. The Morgan fingerprint density at radius 2 is 2.41 bits per heavy atom. The Hall–Kier alpha value is -1.14. The van der Waals surface area contributed by atoms with E-state index in [1.807, 2.05) is 0 Å². The summed E-state index contributed by atoms with van der Waals surface area (Å²) in [5, 5.41) is 14.4. The number of hydrogen-bond donors (Lipinski definition) is 3. The first-order valence-corrected chi connectivity index (χ1v) is 6.63. The second-order valence-electron chi connectivity index (χ2n) is 4.08. The molecule has 96 valence electrons. The Balaban J connectivity index is 2.53. The quantitative estimate of drug-likeness (QED) is 0.697. The van der Waals surface area contributed by atoms with Gasteiger partial charge < -0.3 is 16.2 Å². The van der Waals surface area contributed by atoms with Gasteiger partial charge in [-0.05, 0) is 13.3 Å². The summed E-state index contributed by atoms with van der Waals surface area (Å²) in [5.74, 6) is -1.05. The van der Waals surface area contributed by atoms with Gasteiger partial charge in [-0.25, -0.2) is 4.98 Å². The van der Waals surface area contributed by atoms with E-state index in [2.05, 4.69) is 24.1 Å². The molecule has 0 fully saturated rings. The SMILES string of the molecule is CCCCC(C)Nc1nc(C(N)C(=O)O)cs1. The molecule has 1 aromatic heterocycles. The predicted molar refractivity (Wildman–Crippen MR) is 69.3 cm³/mol. The first kappa shape index (κ1) is 13.9. The van der Waals surface area contributed by atoms with Crippen LogP contribution in [0.5, 0.6) is 0 Å². The van der Waals surface area contributed by atoms with Gasteiger partial charge in [-0.1, -0.05) is 19.8 Å². The number of hydrogen-bond acceptors (Lipinski definition) is 5. The highest BCUT2D eigenvalue weighted by molar-refractivity contribution is 7.13. The number of unbranched alkanes of at least 4 members (excludes halogenated alkanes) is 1. The zero-order chi connectivity index (χ0) is 12.8. The molecule has 1 aromatic rings. The van der Waals surface area contributed by atoms with Crippen LogP contribution in [0.3, 0.4) is 0 Å². The van der Waals surface area contributed by atoms with Gasteiger partial charge in [0.25, 0.3) is 0 Å². The second kappa shape index (κ2) is 6.56. The number of aromatic nitrogens is 1. The fourth-order valence-corrected chi connectivity index (χ4v) is 2.27. The largest absolute Gasteiger partial charge is 0.480 e. The number of nitrogens with zero attached hydrogens (tertiary/aromatic N) is 1. The van der Waals surface area contributed by atoms with Gasteiger partial charge in [0.15, 0.2) is 5.13 Å². The molecule has 0 amide bonds. The molecule has 0 saturated carbocycles. The molecule has 0 saturated heterocycles. The molecule has 2 atom stereocenters. The highest BCUT2D eigenvalue weighted by atomic mass is 32.1. The third-order valence-corrected chi connectivity index (χ3v) is 3.26. The maximum Gasteiger partial charge on any atom is 0.326 e. The van der Waals surface area contributed by atoms with Crippen LogP contribution in [0.25, 0.3) is 0 Å². The number of nitrogens with one attached hydrogen (secondary N) is 1. The fourth-order valence-electron chi connectivity index (χ4n) is 1.42. The summed E-state index contributed by atoms with van der Waals surface area (Å²) in [6, 6.07) is -0.692. The van der Waals surface area contributed by atoms with E-state index < -0.39 is 12.0 Å². The molecule has 2 unspecified atom stereocenters. The lowest BCUT2D eigenvalue weighted by Crippen LogP contribution is -2.21. The van der Waals surface area contributed by atoms with Crippen molar-refractivity contribution in [2.24, 2.45) is 5.73 Å². The summed E-state index contributed by atoms with van der Waals surface area (Å²) < 4.78 is 0. The Kier molecular flexibility index (Phi) is 5.37. The Morgan fingerprint density at radius 3 is 3.00 bits per heavy atom. The first-order chi connectivity index (χ1) is 8.04. The number of rotatable bonds is 7. The number of carbonyl (C=O) groups is 1. The molecule has 0 bridgehead atoms. The molecule has 5 nitrogen and oxygen atoms in total. The average molecular weight is 257 g/mol. The zero-order valence-electron chi connectivity index (χ0n) is 10.1. The standard InChI is InChI=1S/C11H19N3O2S/c1-3-4-5-7(2)13-11-14-8(6-17-11)9(12)10(15)16/h6-7,9H,3-5,12H2,1-2H3,(H,13,14)(H,15,16). The van der Waals surface area contributed by atoms with E-state index >= 15 is 0 Å². The van der Waals surface area contributed by atoms with Crippen LogP contribution in [-0.2, 0) is 4.79 Å². The minimum atomic E-state index is -1.05. The lowest BCUT2D eigenvalue weighted by Gasteiger charge is -2.11. The molecular weight excluding hydrogens is 238 g/mol. The molecule has 0 aromatic carbocycles. The van der Waals surface area contributed by atoms with E-state index in [1.165, 1.54) is 24.2 Å². The molecule has 17 heavy (non-hydrogen) atoms. The van der Waals surface area contributed by atoms with Gasteiger partial charge >= 0.3 is 5.97 Å². The third kappa shape index (κ3) is 4.32. The van der Waals surface area contributed by atoms with Crippen molar-refractivity contribution in [3.05, 3.63) is 11.1 Å². The summed E-state index contributed by atoms with van der Waals surface area (Å²) in [4.78, 5) is 14.9. The van der Waals surface area contributed by atoms with Crippen molar-refractivity contribution < 1.29 is 9.90 Å². The van der Waals surface area contributed by atoms with Crippen LogP contribution in [0.2, 0.25) is 0 Å². The van der Waals surface area contributed by atoms with Gasteiger partial charge in [0.05, 0.1) is 5.69 Å². The topological polar surface area (TPSA) is 88.2 Å². The van der Waals surface area contributed by atoms with Crippen LogP contribution in [0.15, 0.2) is 5.38 Å². The number of carboxylic acids is 1. The summed E-state index contributed by atoms with van der Waals surface area (Å²) >= 11 is 1.39. The molecule has 0 radical (unpaired) electrons. The Morgan fingerprint density at radius 1 is 1.71 bits per heavy atom. The average Bonchev–Trinajstić information content (AvgIpc) is 2.73. The molecule has 0 aliphatic heterocycles. The van der Waals surface area contributed by atoms with Crippen molar-refractivity contribution in [2.45, 2.75) is 45.2 Å². The molecule has 0 spiro atoms. The predicted octanol–water partition coefficient (Wildman–Crippen LogP) is 2.22. The lowest BCUT2D eigenvalue weighted by molar-refractivity contribution is -0.138. The van der Waals surface area contributed by atoms with E-state index in [-0.39, 0.29) is 0 Å². The van der Waals surface area contributed by atoms with Gasteiger partial charge in [0.1, 0.15) is 6.04 Å². The van der Waals surface area contributed by atoms with Crippen molar-refractivity contribution in [1.82, 2.24) is 4.98 Å². The molecule has 4 N–H and O–H groups in total.